The topological polar surface area (TPSA) is 53.2 Å². The molecule has 31 heavy (non-hydrogen) atoms. The highest BCUT2D eigenvalue weighted by Crippen LogP contribution is 2.20. The van der Waals surface area contributed by atoms with E-state index in [2.05, 4.69) is 11.1 Å². The molecular weight excluding hydrogens is 384 g/mol. The number of carbonyl (C=O) groups excluding carboxylic acids is 1. The van der Waals surface area contributed by atoms with E-state index in [1.807, 2.05) is 75.4 Å². The first-order valence-electron chi connectivity index (χ1n) is 10.4. The lowest BCUT2D eigenvalue weighted by atomic mass is 10.0. The minimum atomic E-state index is -0.157. The van der Waals surface area contributed by atoms with E-state index < -0.39 is 0 Å². The number of aryl methyl sites for hydroxylation is 3. The average molecular weight is 411 g/mol. The number of benzene rings is 3. The van der Waals surface area contributed by atoms with E-state index in [1.165, 1.54) is 5.56 Å². The summed E-state index contributed by atoms with van der Waals surface area (Å²) in [5.41, 5.74) is 6.28. The van der Waals surface area contributed by atoms with Gasteiger partial charge in [-0.05, 0) is 61.0 Å². The van der Waals surface area contributed by atoms with Gasteiger partial charge in [0.05, 0.1) is 12.1 Å². The predicted molar refractivity (Wildman–Crippen MR) is 125 cm³/mol. The molecule has 0 spiro atoms. The minimum Gasteiger partial charge on any atom is -0.330 e. The van der Waals surface area contributed by atoms with Gasteiger partial charge in [-0.3, -0.25) is 9.59 Å². The lowest BCUT2D eigenvalue weighted by Gasteiger charge is -2.23. The van der Waals surface area contributed by atoms with Crippen LogP contribution in [0.2, 0.25) is 0 Å². The predicted octanol–water partition coefficient (Wildman–Crippen LogP) is 5.30. The van der Waals surface area contributed by atoms with Crippen LogP contribution in [0.3, 0.4) is 0 Å². The zero-order chi connectivity index (χ0) is 22.0. The number of hydrogen-bond acceptors (Lipinski definition) is 2. The van der Waals surface area contributed by atoms with Crippen molar-refractivity contribution in [1.29, 1.82) is 0 Å². The van der Waals surface area contributed by atoms with Crippen molar-refractivity contribution >= 4 is 16.8 Å². The van der Waals surface area contributed by atoms with Crippen molar-refractivity contribution in [3.05, 3.63) is 117 Å². The van der Waals surface area contributed by atoms with Crippen molar-refractivity contribution in [3.8, 4) is 0 Å². The standard InChI is InChI=1S/C27H26N2O2/c1-18-9-12-21(13-10-18)16-29(27(31)22-7-5-4-6-8-22)17-24-15-23-14-11-19(2)20(3)25(23)28-26(24)30/h4-15H,16-17H2,1-3H3,(H,28,30). The molecule has 0 atom stereocenters. The van der Waals surface area contributed by atoms with Gasteiger partial charge in [-0.2, -0.15) is 0 Å². The maximum Gasteiger partial charge on any atom is 0.254 e. The summed E-state index contributed by atoms with van der Waals surface area (Å²) >= 11 is 0. The van der Waals surface area contributed by atoms with Crippen LogP contribution in [0.1, 0.15) is 38.2 Å². The Bertz CT molecular complexity index is 1290. The van der Waals surface area contributed by atoms with Gasteiger partial charge in [0.25, 0.3) is 11.5 Å². The number of amides is 1. The molecule has 0 aliphatic rings. The normalized spacial score (nSPS) is 10.9. The van der Waals surface area contributed by atoms with Crippen LogP contribution in [0, 0.1) is 20.8 Å². The molecule has 3 aromatic carbocycles. The Balaban J connectivity index is 1.72. The number of aromatic nitrogens is 1. The zero-order valence-electron chi connectivity index (χ0n) is 18.1. The van der Waals surface area contributed by atoms with Gasteiger partial charge in [-0.1, -0.05) is 60.2 Å². The summed E-state index contributed by atoms with van der Waals surface area (Å²) in [5.74, 6) is -0.0965. The van der Waals surface area contributed by atoms with Crippen LogP contribution in [-0.2, 0) is 13.1 Å². The first-order valence-corrected chi connectivity index (χ1v) is 10.4. The molecule has 156 valence electrons. The molecule has 4 aromatic rings. The summed E-state index contributed by atoms with van der Waals surface area (Å²) in [6.45, 7) is 6.74. The molecule has 0 fully saturated rings. The Morgan fingerprint density at radius 3 is 2.29 bits per heavy atom. The summed E-state index contributed by atoms with van der Waals surface area (Å²) in [5, 5.41) is 0.972. The Morgan fingerprint density at radius 1 is 0.871 bits per heavy atom. The van der Waals surface area contributed by atoms with Gasteiger partial charge >= 0.3 is 0 Å². The molecule has 1 aromatic heterocycles. The third-order valence-electron chi connectivity index (χ3n) is 5.79. The van der Waals surface area contributed by atoms with E-state index >= 15 is 0 Å². The molecule has 1 amide bonds. The molecule has 0 radical (unpaired) electrons. The highest BCUT2D eigenvalue weighted by molar-refractivity contribution is 5.94. The van der Waals surface area contributed by atoms with E-state index in [9.17, 15) is 9.59 Å². The number of carbonyl (C=O) groups is 1. The van der Waals surface area contributed by atoms with Crippen LogP contribution in [0.4, 0.5) is 0 Å². The third-order valence-corrected chi connectivity index (χ3v) is 5.79. The molecule has 0 saturated carbocycles. The van der Waals surface area contributed by atoms with Crippen LogP contribution in [0.5, 0.6) is 0 Å². The Morgan fingerprint density at radius 2 is 1.58 bits per heavy atom. The lowest BCUT2D eigenvalue weighted by Crippen LogP contribution is -2.32. The van der Waals surface area contributed by atoms with Crippen LogP contribution in [0.25, 0.3) is 10.9 Å². The highest BCUT2D eigenvalue weighted by Gasteiger charge is 2.18. The number of H-pyrrole nitrogens is 1. The van der Waals surface area contributed by atoms with Crippen molar-refractivity contribution in [1.82, 2.24) is 9.88 Å². The second-order valence-corrected chi connectivity index (χ2v) is 8.11. The van der Waals surface area contributed by atoms with E-state index in [1.54, 1.807) is 17.0 Å². The largest absolute Gasteiger partial charge is 0.330 e. The Labute approximate surface area is 182 Å². The smallest absolute Gasteiger partial charge is 0.254 e. The molecule has 0 aliphatic carbocycles. The van der Waals surface area contributed by atoms with Crippen LogP contribution in [0.15, 0.2) is 77.6 Å². The summed E-state index contributed by atoms with van der Waals surface area (Å²) in [7, 11) is 0. The molecule has 0 aliphatic heterocycles. The van der Waals surface area contributed by atoms with Crippen LogP contribution < -0.4 is 5.56 Å². The fourth-order valence-electron chi connectivity index (χ4n) is 3.77. The SMILES string of the molecule is Cc1ccc(CN(Cc2cc3ccc(C)c(C)c3[nH]c2=O)C(=O)c2ccccc2)cc1. The molecule has 1 N–H and O–H groups in total. The molecule has 0 bridgehead atoms. The summed E-state index contributed by atoms with van der Waals surface area (Å²) in [6, 6.07) is 23.3. The van der Waals surface area contributed by atoms with Gasteiger partial charge < -0.3 is 9.88 Å². The van der Waals surface area contributed by atoms with Crippen molar-refractivity contribution in [3.63, 3.8) is 0 Å². The fourth-order valence-corrected chi connectivity index (χ4v) is 3.77. The number of rotatable bonds is 5. The van der Waals surface area contributed by atoms with Crippen LogP contribution >= 0.6 is 0 Å². The number of nitrogens with zero attached hydrogens (tertiary/aromatic N) is 1. The van der Waals surface area contributed by atoms with E-state index in [-0.39, 0.29) is 18.0 Å². The fraction of sp³-hybridized carbons (Fsp3) is 0.185. The van der Waals surface area contributed by atoms with Crippen LogP contribution in [-0.4, -0.2) is 15.8 Å². The van der Waals surface area contributed by atoms with Gasteiger partial charge in [0.1, 0.15) is 0 Å². The molecule has 1 heterocycles. The first kappa shape index (κ1) is 20.6. The number of fused-ring (bicyclic) bond motifs is 1. The van der Waals surface area contributed by atoms with Gasteiger partial charge in [-0.15, -0.1) is 0 Å². The van der Waals surface area contributed by atoms with Crippen molar-refractivity contribution < 1.29 is 4.79 Å². The van der Waals surface area contributed by atoms with E-state index in [0.717, 1.165) is 27.6 Å². The quantitative estimate of drug-likeness (QED) is 0.486. The molecule has 4 nitrogen and oxygen atoms in total. The maximum atomic E-state index is 13.3. The molecule has 4 rings (SSSR count). The Kier molecular flexibility index (Phi) is 5.72. The monoisotopic (exact) mass is 410 g/mol. The second-order valence-electron chi connectivity index (χ2n) is 8.11. The average Bonchev–Trinajstić information content (AvgIpc) is 2.78. The zero-order valence-corrected chi connectivity index (χ0v) is 18.1. The Hall–Kier alpha value is -3.66. The van der Waals surface area contributed by atoms with Crippen molar-refractivity contribution in [2.75, 3.05) is 0 Å². The first-order chi connectivity index (χ1) is 14.9. The van der Waals surface area contributed by atoms with E-state index in [0.29, 0.717) is 17.7 Å². The van der Waals surface area contributed by atoms with Crippen molar-refractivity contribution in [2.24, 2.45) is 0 Å². The van der Waals surface area contributed by atoms with Gasteiger partial charge in [0, 0.05) is 17.7 Å². The number of aromatic amines is 1. The highest BCUT2D eigenvalue weighted by atomic mass is 16.2. The number of hydrogen-bond donors (Lipinski definition) is 1. The lowest BCUT2D eigenvalue weighted by molar-refractivity contribution is 0.0729. The minimum absolute atomic E-state index is 0.0965. The number of pyridine rings is 1. The summed E-state index contributed by atoms with van der Waals surface area (Å²) in [6.07, 6.45) is 0. The number of nitrogens with one attached hydrogen (secondary N) is 1. The molecule has 0 saturated heterocycles. The van der Waals surface area contributed by atoms with Crippen molar-refractivity contribution in [2.45, 2.75) is 33.9 Å². The molecule has 4 heteroatoms. The summed E-state index contributed by atoms with van der Waals surface area (Å²) < 4.78 is 0. The molecular formula is C27H26N2O2. The van der Waals surface area contributed by atoms with Gasteiger partial charge in [0.15, 0.2) is 0 Å². The maximum absolute atomic E-state index is 13.3. The van der Waals surface area contributed by atoms with Gasteiger partial charge in [-0.25, -0.2) is 0 Å². The van der Waals surface area contributed by atoms with Gasteiger partial charge in [0.2, 0.25) is 0 Å². The summed E-state index contributed by atoms with van der Waals surface area (Å²) in [4.78, 5) is 31.0. The third kappa shape index (κ3) is 4.43. The molecule has 0 unspecified atom stereocenters. The van der Waals surface area contributed by atoms with E-state index in [4.69, 9.17) is 0 Å². The second kappa shape index (κ2) is 8.60.